The fraction of sp³-hybridized carbons (Fsp3) is 0.773. The Labute approximate surface area is 180 Å². The van der Waals surface area contributed by atoms with Gasteiger partial charge < -0.3 is 9.64 Å². The molecule has 0 aliphatic carbocycles. The average molecular weight is 442 g/mol. The Balaban J connectivity index is 1.46. The van der Waals surface area contributed by atoms with Crippen LogP contribution in [-0.4, -0.2) is 73.9 Å². The molecule has 2 aliphatic rings. The van der Waals surface area contributed by atoms with Crippen molar-refractivity contribution in [2.24, 2.45) is 5.92 Å². The highest BCUT2D eigenvalue weighted by Crippen LogP contribution is 2.35. The van der Waals surface area contributed by atoms with Crippen molar-refractivity contribution in [1.82, 2.24) is 14.2 Å². The van der Waals surface area contributed by atoms with E-state index in [1.54, 1.807) is 24.3 Å². The lowest BCUT2D eigenvalue weighted by atomic mass is 9.78. The van der Waals surface area contributed by atoms with Crippen molar-refractivity contribution >= 4 is 10.0 Å². The molecule has 8 heteroatoms. The van der Waals surface area contributed by atoms with E-state index in [4.69, 9.17) is 4.74 Å². The Morgan fingerprint density at radius 2 is 1.83 bits per heavy atom. The summed E-state index contributed by atoms with van der Waals surface area (Å²) < 4.78 is 44.8. The SMILES string of the molecule is CC(C)(F)CN1CCC(COc2ccc(C3(C)CCN(S(C)(=O)=O)CC3)nc2)CC1. The number of alkyl halides is 1. The van der Waals surface area contributed by atoms with Gasteiger partial charge in [0.1, 0.15) is 11.4 Å². The van der Waals surface area contributed by atoms with Crippen LogP contribution in [0.4, 0.5) is 4.39 Å². The van der Waals surface area contributed by atoms with Crippen LogP contribution in [0.25, 0.3) is 0 Å². The van der Waals surface area contributed by atoms with Gasteiger partial charge in [-0.15, -0.1) is 0 Å². The predicted octanol–water partition coefficient (Wildman–Crippen LogP) is 3.23. The summed E-state index contributed by atoms with van der Waals surface area (Å²) in [6, 6.07) is 3.98. The van der Waals surface area contributed by atoms with Crippen LogP contribution in [0.2, 0.25) is 0 Å². The molecular formula is C22H36FN3O3S. The van der Waals surface area contributed by atoms with Crippen molar-refractivity contribution in [3.05, 3.63) is 24.0 Å². The first-order chi connectivity index (χ1) is 13.9. The summed E-state index contributed by atoms with van der Waals surface area (Å²) in [5.74, 6) is 1.25. The highest BCUT2D eigenvalue weighted by molar-refractivity contribution is 7.88. The van der Waals surface area contributed by atoms with Crippen LogP contribution in [-0.2, 0) is 15.4 Å². The van der Waals surface area contributed by atoms with Gasteiger partial charge in [0.2, 0.25) is 10.0 Å². The number of hydrogen-bond donors (Lipinski definition) is 0. The van der Waals surface area contributed by atoms with Gasteiger partial charge in [-0.2, -0.15) is 0 Å². The lowest BCUT2D eigenvalue weighted by Gasteiger charge is -2.37. The Bertz CT molecular complexity index is 792. The summed E-state index contributed by atoms with van der Waals surface area (Å²) in [6.45, 7) is 9.48. The fourth-order valence-electron chi connectivity index (χ4n) is 4.45. The Hall–Kier alpha value is -1.25. The van der Waals surface area contributed by atoms with Crippen LogP contribution < -0.4 is 4.74 Å². The van der Waals surface area contributed by atoms with Gasteiger partial charge >= 0.3 is 0 Å². The lowest BCUT2D eigenvalue weighted by Crippen LogP contribution is -2.43. The summed E-state index contributed by atoms with van der Waals surface area (Å²) in [5, 5.41) is 0. The van der Waals surface area contributed by atoms with Crippen molar-refractivity contribution in [3.8, 4) is 5.75 Å². The molecule has 0 atom stereocenters. The predicted molar refractivity (Wildman–Crippen MR) is 117 cm³/mol. The van der Waals surface area contributed by atoms with Gasteiger partial charge in [-0.25, -0.2) is 17.1 Å². The minimum absolute atomic E-state index is 0.114. The van der Waals surface area contributed by atoms with E-state index in [9.17, 15) is 12.8 Å². The van der Waals surface area contributed by atoms with E-state index in [0.717, 1.165) is 50.2 Å². The van der Waals surface area contributed by atoms with Gasteiger partial charge in [0.15, 0.2) is 0 Å². The van der Waals surface area contributed by atoms with Gasteiger partial charge in [0.05, 0.1) is 19.1 Å². The summed E-state index contributed by atoms with van der Waals surface area (Å²) >= 11 is 0. The number of hydrogen-bond acceptors (Lipinski definition) is 5. The molecule has 170 valence electrons. The van der Waals surface area contributed by atoms with Crippen LogP contribution >= 0.6 is 0 Å². The van der Waals surface area contributed by atoms with E-state index < -0.39 is 15.7 Å². The van der Waals surface area contributed by atoms with Crippen molar-refractivity contribution < 1.29 is 17.5 Å². The molecule has 3 heterocycles. The number of likely N-dealkylation sites (tertiary alicyclic amines) is 1. The minimum atomic E-state index is -3.12. The van der Waals surface area contributed by atoms with E-state index in [2.05, 4.69) is 16.8 Å². The van der Waals surface area contributed by atoms with Gasteiger partial charge in [-0.3, -0.25) is 4.98 Å². The molecule has 0 unspecified atom stereocenters. The molecule has 30 heavy (non-hydrogen) atoms. The molecule has 2 aliphatic heterocycles. The second-order valence-corrected chi connectivity index (χ2v) is 11.8. The van der Waals surface area contributed by atoms with Crippen LogP contribution in [0.3, 0.4) is 0 Å². The van der Waals surface area contributed by atoms with Crippen molar-refractivity contribution in [1.29, 1.82) is 0 Å². The number of halogens is 1. The lowest BCUT2D eigenvalue weighted by molar-refractivity contribution is 0.0836. The molecule has 0 N–H and O–H groups in total. The number of nitrogens with zero attached hydrogens (tertiary/aromatic N) is 3. The molecule has 1 aromatic rings. The van der Waals surface area contributed by atoms with Crippen LogP contribution in [0.1, 0.15) is 52.1 Å². The number of aromatic nitrogens is 1. The maximum Gasteiger partial charge on any atom is 0.211 e. The maximum absolute atomic E-state index is 13.8. The maximum atomic E-state index is 13.8. The molecule has 0 radical (unpaired) electrons. The van der Waals surface area contributed by atoms with E-state index in [1.165, 1.54) is 6.26 Å². The topological polar surface area (TPSA) is 62.7 Å². The van der Waals surface area contributed by atoms with Gasteiger partial charge in [0.25, 0.3) is 0 Å². The van der Waals surface area contributed by atoms with Crippen molar-refractivity contribution in [2.75, 3.05) is 45.6 Å². The van der Waals surface area contributed by atoms with Crippen molar-refractivity contribution in [2.45, 2.75) is 57.5 Å². The van der Waals surface area contributed by atoms with E-state index in [1.807, 2.05) is 12.1 Å². The Morgan fingerprint density at radius 3 is 2.33 bits per heavy atom. The summed E-state index contributed by atoms with van der Waals surface area (Å²) in [4.78, 5) is 6.83. The van der Waals surface area contributed by atoms with E-state index in [0.29, 0.717) is 32.2 Å². The molecule has 6 nitrogen and oxygen atoms in total. The average Bonchev–Trinajstić information content (AvgIpc) is 2.66. The first-order valence-electron chi connectivity index (χ1n) is 10.9. The zero-order valence-electron chi connectivity index (χ0n) is 18.7. The van der Waals surface area contributed by atoms with Gasteiger partial charge in [-0.1, -0.05) is 6.92 Å². The zero-order chi connectivity index (χ0) is 22.0. The number of rotatable bonds is 7. The first kappa shape index (κ1) is 23.4. The molecule has 0 bridgehead atoms. The number of piperidine rings is 2. The zero-order valence-corrected chi connectivity index (χ0v) is 19.5. The molecule has 2 saturated heterocycles. The Morgan fingerprint density at radius 1 is 1.20 bits per heavy atom. The highest BCUT2D eigenvalue weighted by Gasteiger charge is 2.35. The third-order valence-corrected chi connectivity index (χ3v) is 7.75. The normalized spacial score (nSPS) is 22.2. The smallest absolute Gasteiger partial charge is 0.211 e. The van der Waals surface area contributed by atoms with Gasteiger partial charge in [0, 0.05) is 30.7 Å². The minimum Gasteiger partial charge on any atom is -0.492 e. The number of pyridine rings is 1. The molecule has 0 aromatic carbocycles. The fourth-order valence-corrected chi connectivity index (χ4v) is 5.29. The molecule has 2 fully saturated rings. The summed E-state index contributed by atoms with van der Waals surface area (Å²) in [5.41, 5.74) is -0.268. The number of ether oxygens (including phenoxy) is 1. The van der Waals surface area contributed by atoms with Crippen LogP contribution in [0, 0.1) is 5.92 Å². The monoisotopic (exact) mass is 441 g/mol. The van der Waals surface area contributed by atoms with Crippen LogP contribution in [0.5, 0.6) is 5.75 Å². The summed E-state index contributed by atoms with van der Waals surface area (Å²) in [6.07, 6.45) is 6.63. The van der Waals surface area contributed by atoms with Crippen LogP contribution in [0.15, 0.2) is 18.3 Å². The largest absolute Gasteiger partial charge is 0.492 e. The number of sulfonamides is 1. The molecule has 0 spiro atoms. The summed E-state index contributed by atoms with van der Waals surface area (Å²) in [7, 11) is -3.12. The second kappa shape index (κ2) is 9.09. The van der Waals surface area contributed by atoms with E-state index in [-0.39, 0.29) is 5.41 Å². The Kier molecular flexibility index (Phi) is 7.09. The quantitative estimate of drug-likeness (QED) is 0.650. The van der Waals surface area contributed by atoms with Crippen molar-refractivity contribution in [3.63, 3.8) is 0 Å². The molecule has 1 aromatic heterocycles. The second-order valence-electron chi connectivity index (χ2n) is 9.85. The highest BCUT2D eigenvalue weighted by atomic mass is 32.2. The molecule has 3 rings (SSSR count). The third-order valence-electron chi connectivity index (χ3n) is 6.44. The first-order valence-corrected chi connectivity index (χ1v) is 12.8. The molecule has 0 amide bonds. The molecular weight excluding hydrogens is 405 g/mol. The van der Waals surface area contributed by atoms with Gasteiger partial charge in [-0.05, 0) is 70.7 Å². The van der Waals surface area contributed by atoms with E-state index >= 15 is 0 Å². The molecule has 0 saturated carbocycles. The standard InChI is InChI=1S/C22H36FN3O3S/c1-21(2,23)17-25-11-7-18(8-12-25)16-29-19-5-6-20(24-15-19)22(3)9-13-26(14-10-22)30(4,27)28/h5-6,15,18H,7-14,16-17H2,1-4H3. The third kappa shape index (κ3) is 6.37.